The second-order valence-corrected chi connectivity index (χ2v) is 5.28. The Balaban J connectivity index is 2.11. The number of nitrogens with one attached hydrogen (secondary N) is 1. The maximum atomic E-state index is 9.03. The van der Waals surface area contributed by atoms with Crippen molar-refractivity contribution in [2.75, 3.05) is 26.0 Å². The van der Waals surface area contributed by atoms with Gasteiger partial charge in [0.25, 0.3) is 0 Å². The molecule has 0 fully saturated rings. The summed E-state index contributed by atoms with van der Waals surface area (Å²) in [6.07, 6.45) is 3.88. The van der Waals surface area contributed by atoms with Gasteiger partial charge in [-0.05, 0) is 32.6 Å². The van der Waals surface area contributed by atoms with Crippen LogP contribution >= 0.6 is 0 Å². The fourth-order valence-corrected chi connectivity index (χ4v) is 2.15. The van der Waals surface area contributed by atoms with Crippen molar-refractivity contribution in [1.29, 1.82) is 5.26 Å². The molecule has 0 radical (unpaired) electrons. The average molecular weight is 284 g/mol. The van der Waals surface area contributed by atoms with Crippen molar-refractivity contribution in [3.63, 3.8) is 0 Å². The molecule has 0 spiro atoms. The highest BCUT2D eigenvalue weighted by atomic mass is 15.2. The number of nitrogens with zero attached hydrogens (tertiary/aromatic N) is 5. The van der Waals surface area contributed by atoms with Crippen LogP contribution in [-0.2, 0) is 7.05 Å². The molecule has 2 aromatic rings. The van der Waals surface area contributed by atoms with Crippen LogP contribution in [0.1, 0.15) is 22.9 Å². The number of aryl methyl sites for hydroxylation is 2. The lowest BCUT2D eigenvalue weighted by atomic mass is 10.1. The van der Waals surface area contributed by atoms with Crippen LogP contribution in [0.5, 0.6) is 0 Å². The molecule has 0 aliphatic heterocycles. The van der Waals surface area contributed by atoms with Gasteiger partial charge in [-0.1, -0.05) is 6.07 Å². The largest absolute Gasteiger partial charge is 0.368 e. The zero-order valence-electron chi connectivity index (χ0n) is 12.8. The highest BCUT2D eigenvalue weighted by Gasteiger charge is 2.16. The summed E-state index contributed by atoms with van der Waals surface area (Å²) in [5.74, 6) is 0.716. The van der Waals surface area contributed by atoms with E-state index >= 15 is 0 Å². The van der Waals surface area contributed by atoms with E-state index in [-0.39, 0.29) is 6.04 Å². The summed E-state index contributed by atoms with van der Waals surface area (Å²) in [5.41, 5.74) is 2.49. The van der Waals surface area contributed by atoms with Crippen molar-refractivity contribution in [1.82, 2.24) is 19.7 Å². The molecular formula is C15H20N6. The predicted octanol–water partition coefficient (Wildman–Crippen LogP) is 1.71. The number of rotatable bonds is 5. The Hall–Kier alpha value is -2.39. The van der Waals surface area contributed by atoms with E-state index in [1.54, 1.807) is 4.68 Å². The monoisotopic (exact) mass is 284 g/mol. The highest BCUT2D eigenvalue weighted by Crippen LogP contribution is 2.18. The van der Waals surface area contributed by atoms with Gasteiger partial charge in [0.1, 0.15) is 17.6 Å². The van der Waals surface area contributed by atoms with Gasteiger partial charge < -0.3 is 10.2 Å². The van der Waals surface area contributed by atoms with Crippen molar-refractivity contribution in [3.05, 3.63) is 41.3 Å². The van der Waals surface area contributed by atoms with Crippen LogP contribution in [0.3, 0.4) is 0 Å². The first-order chi connectivity index (χ1) is 10.0. The highest BCUT2D eigenvalue weighted by molar-refractivity contribution is 5.42. The van der Waals surface area contributed by atoms with Crippen molar-refractivity contribution >= 4 is 5.82 Å². The minimum absolute atomic E-state index is 0.187. The summed E-state index contributed by atoms with van der Waals surface area (Å²) in [7, 11) is 5.97. The molecule has 6 heteroatoms. The molecule has 0 aliphatic carbocycles. The number of pyridine rings is 1. The molecule has 0 saturated carbocycles. The molecule has 21 heavy (non-hydrogen) atoms. The number of nitriles is 1. The van der Waals surface area contributed by atoms with Crippen molar-refractivity contribution in [3.8, 4) is 6.07 Å². The number of hydrogen-bond donors (Lipinski definition) is 1. The van der Waals surface area contributed by atoms with E-state index in [9.17, 15) is 0 Å². The lowest BCUT2D eigenvalue weighted by molar-refractivity contribution is 0.311. The van der Waals surface area contributed by atoms with Gasteiger partial charge in [0.2, 0.25) is 0 Å². The average Bonchev–Trinajstić information content (AvgIpc) is 2.86. The second kappa shape index (κ2) is 6.37. The molecule has 6 nitrogen and oxygen atoms in total. The molecule has 2 rings (SSSR count). The van der Waals surface area contributed by atoms with Crippen LogP contribution in [0.15, 0.2) is 24.5 Å². The first-order valence-corrected chi connectivity index (χ1v) is 6.78. The number of likely N-dealkylation sites (N-methyl/N-ethyl adjacent to an activating group) is 1. The summed E-state index contributed by atoms with van der Waals surface area (Å²) in [4.78, 5) is 6.44. The van der Waals surface area contributed by atoms with E-state index in [4.69, 9.17) is 5.26 Å². The first-order valence-electron chi connectivity index (χ1n) is 6.78. The van der Waals surface area contributed by atoms with Gasteiger partial charge in [-0.2, -0.15) is 10.4 Å². The third-order valence-electron chi connectivity index (χ3n) is 3.41. The van der Waals surface area contributed by atoms with E-state index in [0.29, 0.717) is 18.1 Å². The van der Waals surface area contributed by atoms with Gasteiger partial charge in [0.15, 0.2) is 0 Å². The number of anilines is 1. The Kier molecular flexibility index (Phi) is 4.55. The smallest absolute Gasteiger partial charge is 0.145 e. The van der Waals surface area contributed by atoms with E-state index in [1.165, 1.54) is 0 Å². The van der Waals surface area contributed by atoms with Gasteiger partial charge in [-0.3, -0.25) is 4.68 Å². The van der Waals surface area contributed by atoms with Crippen LogP contribution in [0, 0.1) is 18.3 Å². The fraction of sp³-hybridized carbons (Fsp3) is 0.400. The molecular weight excluding hydrogens is 264 g/mol. The van der Waals surface area contributed by atoms with Gasteiger partial charge in [0, 0.05) is 25.4 Å². The molecule has 0 aliphatic rings. The van der Waals surface area contributed by atoms with Gasteiger partial charge in [-0.15, -0.1) is 0 Å². The van der Waals surface area contributed by atoms with Gasteiger partial charge >= 0.3 is 0 Å². The summed E-state index contributed by atoms with van der Waals surface area (Å²) in [6, 6.07) is 6.09. The predicted molar refractivity (Wildman–Crippen MR) is 81.8 cm³/mol. The maximum Gasteiger partial charge on any atom is 0.145 e. The van der Waals surface area contributed by atoms with Crippen LogP contribution < -0.4 is 5.32 Å². The van der Waals surface area contributed by atoms with E-state index in [1.807, 2.05) is 52.6 Å². The second-order valence-electron chi connectivity index (χ2n) is 5.28. The lowest BCUT2D eigenvalue weighted by Gasteiger charge is -2.23. The molecule has 0 aromatic carbocycles. The Labute approximate surface area is 125 Å². The SMILES string of the molecule is Cc1ccc(NCC(c2cnn(C)c2)N(C)C)nc1C#N. The first kappa shape index (κ1) is 15.0. The van der Waals surface area contributed by atoms with E-state index in [0.717, 1.165) is 11.1 Å². The Morgan fingerprint density at radius 1 is 1.43 bits per heavy atom. The van der Waals surface area contributed by atoms with Gasteiger partial charge in [0.05, 0.1) is 12.2 Å². The van der Waals surface area contributed by atoms with Crippen LogP contribution in [0.25, 0.3) is 0 Å². The summed E-state index contributed by atoms with van der Waals surface area (Å²) >= 11 is 0. The van der Waals surface area contributed by atoms with Crippen molar-refractivity contribution in [2.24, 2.45) is 7.05 Å². The Morgan fingerprint density at radius 2 is 2.19 bits per heavy atom. The molecule has 2 heterocycles. The standard InChI is InChI=1S/C15H20N6/c1-11-5-6-15(19-13(11)7-16)17-9-14(20(2)3)12-8-18-21(4)10-12/h5-6,8,10,14H,9H2,1-4H3,(H,17,19). The number of aromatic nitrogens is 3. The quantitative estimate of drug-likeness (QED) is 0.905. The Bertz CT molecular complexity index is 652. The third-order valence-corrected chi connectivity index (χ3v) is 3.41. The molecule has 0 bridgehead atoms. The topological polar surface area (TPSA) is 69.8 Å². The van der Waals surface area contributed by atoms with Crippen molar-refractivity contribution in [2.45, 2.75) is 13.0 Å². The minimum atomic E-state index is 0.187. The molecule has 0 amide bonds. The van der Waals surface area contributed by atoms with Crippen LogP contribution in [0.2, 0.25) is 0 Å². The van der Waals surface area contributed by atoms with E-state index < -0.39 is 0 Å². The zero-order chi connectivity index (χ0) is 15.4. The van der Waals surface area contributed by atoms with Gasteiger partial charge in [-0.25, -0.2) is 4.98 Å². The number of hydrogen-bond acceptors (Lipinski definition) is 5. The zero-order valence-corrected chi connectivity index (χ0v) is 12.8. The molecule has 0 saturated heterocycles. The van der Waals surface area contributed by atoms with Crippen molar-refractivity contribution < 1.29 is 0 Å². The lowest BCUT2D eigenvalue weighted by Crippen LogP contribution is -2.26. The molecule has 110 valence electrons. The Morgan fingerprint density at radius 3 is 2.76 bits per heavy atom. The van der Waals surface area contributed by atoms with E-state index in [2.05, 4.69) is 26.4 Å². The van der Waals surface area contributed by atoms with Crippen LogP contribution in [-0.4, -0.2) is 40.3 Å². The normalized spacial score (nSPS) is 12.2. The molecule has 1 N–H and O–H groups in total. The summed E-state index contributed by atoms with van der Waals surface area (Å²) in [6.45, 7) is 2.58. The summed E-state index contributed by atoms with van der Waals surface area (Å²) < 4.78 is 1.80. The molecule has 2 aromatic heterocycles. The fourth-order valence-electron chi connectivity index (χ4n) is 2.15. The minimum Gasteiger partial charge on any atom is -0.368 e. The molecule has 1 unspecified atom stereocenters. The third kappa shape index (κ3) is 3.58. The summed E-state index contributed by atoms with van der Waals surface area (Å²) in [5, 5.41) is 16.5. The molecule has 1 atom stereocenters. The maximum absolute atomic E-state index is 9.03. The van der Waals surface area contributed by atoms with Crippen LogP contribution in [0.4, 0.5) is 5.82 Å².